The first-order valence-electron chi connectivity index (χ1n) is 9.19. The van der Waals surface area contributed by atoms with Crippen molar-refractivity contribution >= 4 is 24.3 Å². The zero-order chi connectivity index (χ0) is 18.5. The Morgan fingerprint density at radius 1 is 1.37 bits per heavy atom. The van der Waals surface area contributed by atoms with Crippen LogP contribution in [0.4, 0.5) is 5.95 Å². The average Bonchev–Trinajstić information content (AvgIpc) is 3.01. The highest BCUT2D eigenvalue weighted by atomic mass is 35.5. The number of hydrogen-bond donors (Lipinski definition) is 2. The normalized spacial score (nSPS) is 14.7. The van der Waals surface area contributed by atoms with Crippen molar-refractivity contribution in [2.45, 2.75) is 32.6 Å². The van der Waals surface area contributed by atoms with Crippen molar-refractivity contribution < 1.29 is 9.53 Å². The predicted molar refractivity (Wildman–Crippen MR) is 108 cm³/mol. The molecular formula is C19H28ClN5O2. The highest BCUT2D eigenvalue weighted by molar-refractivity contribution is 6.03. The number of amides is 1. The summed E-state index contributed by atoms with van der Waals surface area (Å²) in [6.07, 6.45) is 2.04. The second-order valence-corrected chi connectivity index (χ2v) is 7.13. The van der Waals surface area contributed by atoms with Gasteiger partial charge in [0, 0.05) is 18.5 Å². The summed E-state index contributed by atoms with van der Waals surface area (Å²) in [6.45, 7) is 6.75. The van der Waals surface area contributed by atoms with Crippen LogP contribution in [-0.4, -0.2) is 40.4 Å². The van der Waals surface area contributed by atoms with Gasteiger partial charge in [0.15, 0.2) is 5.82 Å². The molecule has 2 heterocycles. The van der Waals surface area contributed by atoms with E-state index in [0.717, 1.165) is 31.8 Å². The summed E-state index contributed by atoms with van der Waals surface area (Å²) in [6, 6.07) is 7.20. The van der Waals surface area contributed by atoms with Crippen molar-refractivity contribution in [3.63, 3.8) is 0 Å². The van der Waals surface area contributed by atoms with E-state index < -0.39 is 0 Å². The molecule has 0 aliphatic carbocycles. The summed E-state index contributed by atoms with van der Waals surface area (Å²) in [5, 5.41) is 10.7. The van der Waals surface area contributed by atoms with Gasteiger partial charge in [-0.2, -0.15) is 10.1 Å². The number of anilines is 1. The van der Waals surface area contributed by atoms with Crippen LogP contribution in [0.2, 0.25) is 0 Å². The van der Waals surface area contributed by atoms with Gasteiger partial charge in [-0.05, 0) is 50.0 Å². The largest absolute Gasteiger partial charge is 0.493 e. The molecule has 148 valence electrons. The van der Waals surface area contributed by atoms with E-state index in [4.69, 9.17) is 4.74 Å². The van der Waals surface area contributed by atoms with Crippen molar-refractivity contribution in [3.8, 4) is 5.75 Å². The SMILES string of the molecule is CC(C)COc1cccc(C(=O)Nc2nc(C3CCNCC3)nn2C)c1.Cl. The lowest BCUT2D eigenvalue weighted by molar-refractivity contribution is 0.102. The van der Waals surface area contributed by atoms with Crippen LogP contribution in [0.3, 0.4) is 0 Å². The Kier molecular flexibility index (Phi) is 7.62. The quantitative estimate of drug-likeness (QED) is 0.788. The summed E-state index contributed by atoms with van der Waals surface area (Å²) >= 11 is 0. The van der Waals surface area contributed by atoms with Crippen LogP contribution in [0.5, 0.6) is 5.75 Å². The van der Waals surface area contributed by atoms with Crippen molar-refractivity contribution in [2.24, 2.45) is 13.0 Å². The Morgan fingerprint density at radius 2 is 2.11 bits per heavy atom. The van der Waals surface area contributed by atoms with E-state index in [1.165, 1.54) is 0 Å². The van der Waals surface area contributed by atoms with Crippen molar-refractivity contribution in [1.82, 2.24) is 20.1 Å². The average molecular weight is 394 g/mol. The Balaban J connectivity index is 0.00000261. The third-order valence-electron chi connectivity index (χ3n) is 4.39. The Hall–Kier alpha value is -2.12. The van der Waals surface area contributed by atoms with Gasteiger partial charge in [0.05, 0.1) is 6.61 Å². The van der Waals surface area contributed by atoms with Crippen LogP contribution in [0.15, 0.2) is 24.3 Å². The molecule has 2 N–H and O–H groups in total. The molecule has 2 aromatic rings. The van der Waals surface area contributed by atoms with Crippen LogP contribution < -0.4 is 15.4 Å². The molecule has 8 heteroatoms. The fourth-order valence-electron chi connectivity index (χ4n) is 2.93. The molecule has 7 nitrogen and oxygen atoms in total. The Morgan fingerprint density at radius 3 is 2.81 bits per heavy atom. The molecule has 1 saturated heterocycles. The van der Waals surface area contributed by atoms with Crippen molar-refractivity contribution in [1.29, 1.82) is 0 Å². The number of benzene rings is 1. The molecule has 0 radical (unpaired) electrons. The van der Waals surface area contributed by atoms with Crippen LogP contribution in [-0.2, 0) is 7.05 Å². The number of nitrogens with zero attached hydrogens (tertiary/aromatic N) is 3. The van der Waals surface area contributed by atoms with E-state index in [1.807, 2.05) is 12.1 Å². The van der Waals surface area contributed by atoms with E-state index in [9.17, 15) is 4.79 Å². The van der Waals surface area contributed by atoms with Crippen LogP contribution in [0.25, 0.3) is 0 Å². The summed E-state index contributed by atoms with van der Waals surface area (Å²) in [7, 11) is 1.80. The Bertz CT molecular complexity index is 756. The first-order valence-corrected chi connectivity index (χ1v) is 9.19. The van der Waals surface area contributed by atoms with Gasteiger partial charge in [0.25, 0.3) is 5.91 Å². The monoisotopic (exact) mass is 393 g/mol. The zero-order valence-electron chi connectivity index (χ0n) is 16.1. The number of hydrogen-bond acceptors (Lipinski definition) is 5. The maximum Gasteiger partial charge on any atom is 0.258 e. The standard InChI is InChI=1S/C19H27N5O2.ClH/c1-13(2)12-26-16-6-4-5-15(11-16)18(25)22-19-21-17(23-24(19)3)14-7-9-20-10-8-14;/h4-6,11,13-14,20H,7-10,12H2,1-3H3,(H,21,22,23,25);1H. The van der Waals surface area contributed by atoms with Crippen molar-refractivity contribution in [2.75, 3.05) is 25.0 Å². The smallest absolute Gasteiger partial charge is 0.258 e. The number of carbonyl (C=O) groups is 1. The van der Waals surface area contributed by atoms with E-state index in [1.54, 1.807) is 23.9 Å². The number of ether oxygens (including phenoxy) is 1. The predicted octanol–water partition coefficient (Wildman–Crippen LogP) is 2.99. The van der Waals surface area contributed by atoms with Gasteiger partial charge in [-0.1, -0.05) is 19.9 Å². The summed E-state index contributed by atoms with van der Waals surface area (Å²) in [4.78, 5) is 17.1. The number of aromatic nitrogens is 3. The summed E-state index contributed by atoms with van der Waals surface area (Å²) in [5.41, 5.74) is 0.540. The first-order chi connectivity index (χ1) is 12.5. The molecule has 0 spiro atoms. The summed E-state index contributed by atoms with van der Waals surface area (Å²) in [5.74, 6) is 2.53. The van der Waals surface area contributed by atoms with E-state index in [-0.39, 0.29) is 18.3 Å². The van der Waals surface area contributed by atoms with Crippen LogP contribution in [0.1, 0.15) is 48.8 Å². The second kappa shape index (κ2) is 9.71. The second-order valence-electron chi connectivity index (χ2n) is 7.13. The molecule has 0 atom stereocenters. The molecule has 0 bridgehead atoms. The number of halogens is 1. The third kappa shape index (κ3) is 5.68. The fraction of sp³-hybridized carbons (Fsp3) is 0.526. The highest BCUT2D eigenvalue weighted by Crippen LogP contribution is 2.23. The zero-order valence-corrected chi connectivity index (χ0v) is 16.9. The molecule has 0 unspecified atom stereocenters. The lowest BCUT2D eigenvalue weighted by Gasteiger charge is -2.19. The Labute approximate surface area is 166 Å². The molecule has 3 rings (SSSR count). The van der Waals surface area contributed by atoms with Crippen LogP contribution in [0, 0.1) is 5.92 Å². The van der Waals surface area contributed by atoms with Gasteiger partial charge in [-0.15, -0.1) is 12.4 Å². The van der Waals surface area contributed by atoms with Gasteiger partial charge >= 0.3 is 0 Å². The summed E-state index contributed by atoms with van der Waals surface area (Å²) < 4.78 is 7.33. The number of aryl methyl sites for hydroxylation is 1. The van der Waals surface area contributed by atoms with E-state index >= 15 is 0 Å². The highest BCUT2D eigenvalue weighted by Gasteiger charge is 2.21. The molecule has 27 heavy (non-hydrogen) atoms. The maximum absolute atomic E-state index is 12.6. The fourth-order valence-corrected chi connectivity index (χ4v) is 2.93. The molecule has 1 amide bonds. The van der Waals surface area contributed by atoms with Crippen LogP contribution >= 0.6 is 12.4 Å². The molecule has 1 aromatic carbocycles. The first kappa shape index (κ1) is 21.2. The van der Waals surface area contributed by atoms with E-state index in [0.29, 0.717) is 35.7 Å². The van der Waals surface area contributed by atoms with Gasteiger partial charge in [-0.3, -0.25) is 10.1 Å². The van der Waals surface area contributed by atoms with Gasteiger partial charge in [-0.25, -0.2) is 4.68 Å². The number of carbonyl (C=O) groups excluding carboxylic acids is 1. The lowest BCUT2D eigenvalue weighted by atomic mass is 9.98. The third-order valence-corrected chi connectivity index (χ3v) is 4.39. The number of rotatable bonds is 6. The molecule has 1 aliphatic heterocycles. The maximum atomic E-state index is 12.6. The van der Waals surface area contributed by atoms with Crippen molar-refractivity contribution in [3.05, 3.63) is 35.7 Å². The lowest BCUT2D eigenvalue weighted by Crippen LogP contribution is -2.27. The molecule has 1 aliphatic rings. The minimum absolute atomic E-state index is 0. The van der Waals surface area contributed by atoms with Gasteiger partial charge in [0.1, 0.15) is 5.75 Å². The van der Waals surface area contributed by atoms with Gasteiger partial charge in [0.2, 0.25) is 5.95 Å². The molecular weight excluding hydrogens is 366 g/mol. The van der Waals surface area contributed by atoms with E-state index in [2.05, 4.69) is 34.6 Å². The minimum atomic E-state index is -0.215. The topological polar surface area (TPSA) is 81.1 Å². The molecule has 1 aromatic heterocycles. The van der Waals surface area contributed by atoms with Gasteiger partial charge < -0.3 is 10.1 Å². The number of nitrogens with one attached hydrogen (secondary N) is 2. The number of piperidine rings is 1. The minimum Gasteiger partial charge on any atom is -0.493 e. The molecule has 1 fully saturated rings. The molecule has 0 saturated carbocycles.